The lowest BCUT2D eigenvalue weighted by Gasteiger charge is -2.23. The largest absolute Gasteiger partial charge is 0.395 e. The van der Waals surface area contributed by atoms with Crippen LogP contribution < -0.4 is 0 Å². The summed E-state index contributed by atoms with van der Waals surface area (Å²) in [5, 5.41) is 9.25. The molecule has 15 heavy (non-hydrogen) atoms. The zero-order valence-electron chi connectivity index (χ0n) is 9.84. The van der Waals surface area contributed by atoms with E-state index in [9.17, 15) is 9.50 Å². The van der Waals surface area contributed by atoms with Crippen molar-refractivity contribution >= 4 is 0 Å². The van der Waals surface area contributed by atoms with E-state index in [1.807, 2.05) is 33.8 Å². The fourth-order valence-electron chi connectivity index (χ4n) is 1.43. The molecule has 0 aliphatic carbocycles. The van der Waals surface area contributed by atoms with Crippen molar-refractivity contribution in [2.45, 2.75) is 39.0 Å². The van der Waals surface area contributed by atoms with Gasteiger partial charge >= 0.3 is 0 Å². The molecule has 0 unspecified atom stereocenters. The highest BCUT2D eigenvalue weighted by Crippen LogP contribution is 2.27. The minimum absolute atomic E-state index is 0.0218. The van der Waals surface area contributed by atoms with E-state index < -0.39 is 0 Å². The average Bonchev–Trinajstić information content (AvgIpc) is 2.16. The van der Waals surface area contributed by atoms with E-state index >= 15 is 0 Å². The van der Waals surface area contributed by atoms with Crippen molar-refractivity contribution < 1.29 is 9.50 Å². The van der Waals surface area contributed by atoms with Gasteiger partial charge in [0.15, 0.2) is 0 Å². The van der Waals surface area contributed by atoms with Crippen LogP contribution in [0.25, 0.3) is 0 Å². The minimum Gasteiger partial charge on any atom is -0.395 e. The van der Waals surface area contributed by atoms with Crippen LogP contribution in [0.2, 0.25) is 0 Å². The van der Waals surface area contributed by atoms with E-state index in [1.165, 1.54) is 6.07 Å². The van der Waals surface area contributed by atoms with Crippen LogP contribution in [-0.4, -0.2) is 11.7 Å². The Bertz CT molecular complexity index is 342. The molecule has 0 radical (unpaired) electrons. The zero-order chi connectivity index (χ0) is 11.6. The third-order valence-electron chi connectivity index (χ3n) is 2.76. The molecule has 0 atom stereocenters. The summed E-state index contributed by atoms with van der Waals surface area (Å²) in [6.07, 6.45) is 0. The summed E-state index contributed by atoms with van der Waals surface area (Å²) in [7, 11) is 0. The SMILES string of the molecule is CC(C)c1cc(F)cc(C(C)(C)CO)c1. The van der Waals surface area contributed by atoms with Crippen molar-refractivity contribution in [3.05, 3.63) is 35.1 Å². The van der Waals surface area contributed by atoms with Gasteiger partial charge in [-0.3, -0.25) is 0 Å². The molecule has 0 saturated carbocycles. The number of benzene rings is 1. The highest BCUT2D eigenvalue weighted by Gasteiger charge is 2.21. The average molecular weight is 210 g/mol. The Morgan fingerprint density at radius 1 is 1.27 bits per heavy atom. The molecule has 0 fully saturated rings. The van der Waals surface area contributed by atoms with Gasteiger partial charge in [-0.2, -0.15) is 0 Å². The molecular weight excluding hydrogens is 191 g/mol. The fraction of sp³-hybridized carbons (Fsp3) is 0.538. The molecule has 0 bridgehead atoms. The van der Waals surface area contributed by atoms with Gasteiger partial charge in [0.05, 0.1) is 6.61 Å². The van der Waals surface area contributed by atoms with Crippen molar-refractivity contribution in [2.75, 3.05) is 6.61 Å². The second kappa shape index (κ2) is 4.31. The quantitative estimate of drug-likeness (QED) is 0.812. The Labute approximate surface area is 90.9 Å². The lowest BCUT2D eigenvalue weighted by molar-refractivity contribution is 0.218. The first-order valence-corrected chi connectivity index (χ1v) is 5.28. The molecule has 0 aromatic heterocycles. The summed E-state index contributed by atoms with van der Waals surface area (Å²) in [6, 6.07) is 5.04. The van der Waals surface area contributed by atoms with Gasteiger partial charge in [-0.05, 0) is 29.2 Å². The van der Waals surface area contributed by atoms with E-state index in [1.54, 1.807) is 6.07 Å². The Balaban J connectivity index is 3.20. The lowest BCUT2D eigenvalue weighted by atomic mass is 9.83. The van der Waals surface area contributed by atoms with Crippen molar-refractivity contribution in [1.29, 1.82) is 0 Å². The first kappa shape index (κ1) is 12.2. The molecule has 2 heteroatoms. The highest BCUT2D eigenvalue weighted by atomic mass is 19.1. The van der Waals surface area contributed by atoms with Gasteiger partial charge in [-0.25, -0.2) is 4.39 Å². The molecule has 1 aromatic carbocycles. The predicted molar refractivity (Wildman–Crippen MR) is 60.6 cm³/mol. The molecule has 0 spiro atoms. The van der Waals surface area contributed by atoms with Crippen LogP contribution in [0.1, 0.15) is 44.7 Å². The van der Waals surface area contributed by atoms with Crippen LogP contribution >= 0.6 is 0 Å². The fourth-order valence-corrected chi connectivity index (χ4v) is 1.43. The van der Waals surface area contributed by atoms with Crippen LogP contribution in [0, 0.1) is 5.82 Å². The van der Waals surface area contributed by atoms with Crippen LogP contribution in [0.3, 0.4) is 0 Å². The van der Waals surface area contributed by atoms with Gasteiger partial charge in [-0.15, -0.1) is 0 Å². The van der Waals surface area contributed by atoms with E-state index in [2.05, 4.69) is 0 Å². The summed E-state index contributed by atoms with van der Waals surface area (Å²) in [5.41, 5.74) is 1.45. The number of halogens is 1. The molecule has 1 N–H and O–H groups in total. The number of aliphatic hydroxyl groups is 1. The predicted octanol–water partition coefficient (Wildman–Crippen LogP) is 3.22. The van der Waals surface area contributed by atoms with Gasteiger partial charge < -0.3 is 5.11 Å². The number of rotatable bonds is 3. The van der Waals surface area contributed by atoms with Crippen molar-refractivity contribution in [3.63, 3.8) is 0 Å². The molecule has 1 nitrogen and oxygen atoms in total. The molecule has 1 rings (SSSR count). The number of hydrogen-bond acceptors (Lipinski definition) is 1. The molecule has 84 valence electrons. The van der Waals surface area contributed by atoms with E-state index in [0.717, 1.165) is 11.1 Å². The Hall–Kier alpha value is -0.890. The summed E-state index contributed by atoms with van der Waals surface area (Å²) < 4.78 is 13.4. The Morgan fingerprint density at radius 3 is 2.33 bits per heavy atom. The highest BCUT2D eigenvalue weighted by molar-refractivity contribution is 5.31. The topological polar surface area (TPSA) is 20.2 Å². The molecule has 0 amide bonds. The third kappa shape index (κ3) is 2.78. The molecule has 0 heterocycles. The first-order chi connectivity index (χ1) is 6.86. The second-order valence-electron chi connectivity index (χ2n) is 4.97. The number of aliphatic hydroxyl groups excluding tert-OH is 1. The smallest absolute Gasteiger partial charge is 0.123 e. The standard InChI is InChI=1S/C13H19FO/c1-9(2)10-5-11(7-12(14)6-10)13(3,4)8-15/h5-7,9,15H,8H2,1-4H3. The van der Waals surface area contributed by atoms with Crippen LogP contribution in [-0.2, 0) is 5.41 Å². The van der Waals surface area contributed by atoms with E-state index in [4.69, 9.17) is 0 Å². The molecule has 0 aliphatic heterocycles. The Kier molecular flexibility index (Phi) is 3.50. The van der Waals surface area contributed by atoms with Gasteiger partial charge in [0.2, 0.25) is 0 Å². The normalized spacial score (nSPS) is 12.2. The first-order valence-electron chi connectivity index (χ1n) is 5.28. The number of hydrogen-bond donors (Lipinski definition) is 1. The third-order valence-corrected chi connectivity index (χ3v) is 2.76. The van der Waals surface area contributed by atoms with Gasteiger partial charge in [0, 0.05) is 5.41 Å². The second-order valence-corrected chi connectivity index (χ2v) is 4.97. The summed E-state index contributed by atoms with van der Waals surface area (Å²) >= 11 is 0. The zero-order valence-corrected chi connectivity index (χ0v) is 9.84. The van der Waals surface area contributed by atoms with E-state index in [0.29, 0.717) is 5.92 Å². The molecule has 1 aromatic rings. The maximum Gasteiger partial charge on any atom is 0.123 e. The monoisotopic (exact) mass is 210 g/mol. The van der Waals surface area contributed by atoms with Gasteiger partial charge in [0.1, 0.15) is 5.82 Å². The summed E-state index contributed by atoms with van der Waals surface area (Å²) in [4.78, 5) is 0. The van der Waals surface area contributed by atoms with E-state index in [-0.39, 0.29) is 17.8 Å². The van der Waals surface area contributed by atoms with Gasteiger partial charge in [-0.1, -0.05) is 33.8 Å². The molecule has 0 saturated heterocycles. The maximum absolute atomic E-state index is 13.4. The van der Waals surface area contributed by atoms with Crippen molar-refractivity contribution in [2.24, 2.45) is 0 Å². The molecular formula is C13H19FO. The summed E-state index contributed by atoms with van der Waals surface area (Å²) in [6.45, 7) is 7.90. The van der Waals surface area contributed by atoms with Gasteiger partial charge in [0.25, 0.3) is 0 Å². The van der Waals surface area contributed by atoms with Crippen LogP contribution in [0.15, 0.2) is 18.2 Å². The summed E-state index contributed by atoms with van der Waals surface area (Å²) in [5.74, 6) is 0.0756. The Morgan fingerprint density at radius 2 is 1.87 bits per heavy atom. The lowest BCUT2D eigenvalue weighted by Crippen LogP contribution is -2.22. The van der Waals surface area contributed by atoms with Crippen molar-refractivity contribution in [1.82, 2.24) is 0 Å². The maximum atomic E-state index is 13.4. The minimum atomic E-state index is -0.383. The van der Waals surface area contributed by atoms with Crippen molar-refractivity contribution in [3.8, 4) is 0 Å². The van der Waals surface area contributed by atoms with Crippen LogP contribution in [0.5, 0.6) is 0 Å². The molecule has 0 aliphatic rings. The van der Waals surface area contributed by atoms with Crippen LogP contribution in [0.4, 0.5) is 4.39 Å².